The second kappa shape index (κ2) is 9.71. The molecule has 0 aliphatic carbocycles. The molecule has 1 aliphatic heterocycles. The predicted molar refractivity (Wildman–Crippen MR) is 104 cm³/mol. The summed E-state index contributed by atoms with van der Waals surface area (Å²) >= 11 is 0. The molecule has 1 atom stereocenters. The van der Waals surface area contributed by atoms with Crippen molar-refractivity contribution in [3.63, 3.8) is 0 Å². The van der Waals surface area contributed by atoms with Gasteiger partial charge in [-0.05, 0) is 29.5 Å². The van der Waals surface area contributed by atoms with Gasteiger partial charge < -0.3 is 10.1 Å². The maximum absolute atomic E-state index is 5.44. The van der Waals surface area contributed by atoms with Crippen molar-refractivity contribution in [1.82, 2.24) is 10.2 Å². The van der Waals surface area contributed by atoms with Crippen molar-refractivity contribution in [2.45, 2.75) is 25.8 Å². The summed E-state index contributed by atoms with van der Waals surface area (Å²) in [5.74, 6) is 0. The molecule has 3 heteroatoms. The van der Waals surface area contributed by atoms with E-state index in [1.165, 1.54) is 16.7 Å². The Labute approximate surface area is 152 Å². The molecule has 1 aliphatic rings. The van der Waals surface area contributed by atoms with Crippen molar-refractivity contribution in [1.29, 1.82) is 0 Å². The molecule has 25 heavy (non-hydrogen) atoms. The van der Waals surface area contributed by atoms with Gasteiger partial charge in [-0.15, -0.1) is 0 Å². The average Bonchev–Trinajstić information content (AvgIpc) is 2.69. The highest BCUT2D eigenvalue weighted by molar-refractivity contribution is 5.27. The Bertz CT molecular complexity index is 606. The second-order valence-corrected chi connectivity index (χ2v) is 6.75. The minimum Gasteiger partial charge on any atom is -0.379 e. The number of hydrogen-bond donors (Lipinski definition) is 1. The van der Waals surface area contributed by atoms with Gasteiger partial charge in [0.1, 0.15) is 0 Å². The third-order valence-electron chi connectivity index (χ3n) is 5.00. The topological polar surface area (TPSA) is 24.5 Å². The molecule has 1 N–H and O–H groups in total. The molecule has 0 aromatic heterocycles. The van der Waals surface area contributed by atoms with Crippen LogP contribution in [0.3, 0.4) is 0 Å². The lowest BCUT2D eigenvalue weighted by atomic mass is 9.97. The van der Waals surface area contributed by atoms with Gasteiger partial charge in [0.25, 0.3) is 0 Å². The third-order valence-corrected chi connectivity index (χ3v) is 5.00. The summed E-state index contributed by atoms with van der Waals surface area (Å²) in [5.41, 5.74) is 4.16. The van der Waals surface area contributed by atoms with Crippen molar-refractivity contribution >= 4 is 0 Å². The SMILES string of the molecule is CCc1ccc(C(Cc2ccccc2)NCCN2CCOCC2)cc1. The van der Waals surface area contributed by atoms with Gasteiger partial charge in [0, 0.05) is 32.2 Å². The molecule has 2 aromatic rings. The number of hydrogen-bond acceptors (Lipinski definition) is 3. The van der Waals surface area contributed by atoms with Crippen LogP contribution < -0.4 is 5.32 Å². The summed E-state index contributed by atoms with van der Waals surface area (Å²) in [7, 11) is 0. The van der Waals surface area contributed by atoms with E-state index in [2.05, 4.69) is 71.7 Å². The number of ether oxygens (including phenoxy) is 1. The normalized spacial score (nSPS) is 16.7. The van der Waals surface area contributed by atoms with Crippen LogP contribution in [0.5, 0.6) is 0 Å². The summed E-state index contributed by atoms with van der Waals surface area (Å²) in [4.78, 5) is 2.48. The van der Waals surface area contributed by atoms with Gasteiger partial charge in [-0.25, -0.2) is 0 Å². The Balaban J connectivity index is 1.62. The number of morpholine rings is 1. The fraction of sp³-hybridized carbons (Fsp3) is 0.455. The van der Waals surface area contributed by atoms with Crippen molar-refractivity contribution in [2.75, 3.05) is 39.4 Å². The summed E-state index contributed by atoms with van der Waals surface area (Å²) in [6.45, 7) is 8.13. The summed E-state index contributed by atoms with van der Waals surface area (Å²) in [6, 6.07) is 20.2. The van der Waals surface area contributed by atoms with Crippen LogP contribution in [0.25, 0.3) is 0 Å². The number of rotatable bonds is 8. The number of nitrogens with one attached hydrogen (secondary N) is 1. The zero-order chi connectivity index (χ0) is 17.3. The lowest BCUT2D eigenvalue weighted by Gasteiger charge is -2.28. The molecular weight excluding hydrogens is 308 g/mol. The summed E-state index contributed by atoms with van der Waals surface area (Å²) in [6.07, 6.45) is 2.11. The van der Waals surface area contributed by atoms with E-state index < -0.39 is 0 Å². The van der Waals surface area contributed by atoms with Crippen LogP contribution in [0.4, 0.5) is 0 Å². The first kappa shape index (κ1) is 18.1. The average molecular weight is 338 g/mol. The van der Waals surface area contributed by atoms with Gasteiger partial charge in [-0.3, -0.25) is 4.90 Å². The van der Waals surface area contributed by atoms with Crippen LogP contribution in [0.15, 0.2) is 54.6 Å². The summed E-state index contributed by atoms with van der Waals surface area (Å²) in [5, 5.41) is 3.79. The Morgan fingerprint density at radius 3 is 2.36 bits per heavy atom. The highest BCUT2D eigenvalue weighted by Crippen LogP contribution is 2.19. The Hall–Kier alpha value is -1.68. The van der Waals surface area contributed by atoms with Crippen LogP contribution >= 0.6 is 0 Å². The molecule has 1 saturated heterocycles. The van der Waals surface area contributed by atoms with E-state index in [-0.39, 0.29) is 0 Å². The Kier molecular flexibility index (Phi) is 7.04. The number of aryl methyl sites for hydroxylation is 1. The fourth-order valence-corrected chi connectivity index (χ4v) is 3.36. The van der Waals surface area contributed by atoms with Gasteiger partial charge in [0.05, 0.1) is 13.2 Å². The van der Waals surface area contributed by atoms with Crippen molar-refractivity contribution < 1.29 is 4.74 Å². The zero-order valence-corrected chi connectivity index (χ0v) is 15.3. The van der Waals surface area contributed by atoms with Gasteiger partial charge >= 0.3 is 0 Å². The molecule has 3 rings (SSSR count). The second-order valence-electron chi connectivity index (χ2n) is 6.75. The molecule has 0 spiro atoms. The van der Waals surface area contributed by atoms with Gasteiger partial charge in [0.2, 0.25) is 0 Å². The fourth-order valence-electron chi connectivity index (χ4n) is 3.36. The Morgan fingerprint density at radius 1 is 0.960 bits per heavy atom. The van der Waals surface area contributed by atoms with E-state index in [0.717, 1.165) is 52.2 Å². The minimum atomic E-state index is 0.356. The molecule has 134 valence electrons. The quantitative estimate of drug-likeness (QED) is 0.798. The number of benzene rings is 2. The lowest BCUT2D eigenvalue weighted by Crippen LogP contribution is -2.41. The van der Waals surface area contributed by atoms with E-state index in [0.29, 0.717) is 6.04 Å². The smallest absolute Gasteiger partial charge is 0.0594 e. The lowest BCUT2D eigenvalue weighted by molar-refractivity contribution is 0.0381. The maximum atomic E-state index is 5.44. The first-order valence-electron chi connectivity index (χ1n) is 9.51. The molecule has 2 aromatic carbocycles. The molecule has 0 saturated carbocycles. The van der Waals surface area contributed by atoms with E-state index >= 15 is 0 Å². The molecule has 1 fully saturated rings. The van der Waals surface area contributed by atoms with Crippen molar-refractivity contribution in [3.05, 3.63) is 71.3 Å². The van der Waals surface area contributed by atoms with Crippen LogP contribution in [-0.4, -0.2) is 44.3 Å². The van der Waals surface area contributed by atoms with E-state index in [1.54, 1.807) is 0 Å². The highest BCUT2D eigenvalue weighted by atomic mass is 16.5. The molecule has 0 bridgehead atoms. The van der Waals surface area contributed by atoms with Crippen LogP contribution in [0, 0.1) is 0 Å². The van der Waals surface area contributed by atoms with Crippen LogP contribution in [0.2, 0.25) is 0 Å². The maximum Gasteiger partial charge on any atom is 0.0594 e. The van der Waals surface area contributed by atoms with Crippen molar-refractivity contribution in [2.24, 2.45) is 0 Å². The third kappa shape index (κ3) is 5.67. The van der Waals surface area contributed by atoms with Crippen LogP contribution in [0.1, 0.15) is 29.7 Å². The molecule has 3 nitrogen and oxygen atoms in total. The van der Waals surface area contributed by atoms with E-state index in [1.807, 2.05) is 0 Å². The van der Waals surface area contributed by atoms with Gasteiger partial charge in [-0.1, -0.05) is 61.5 Å². The monoisotopic (exact) mass is 338 g/mol. The highest BCUT2D eigenvalue weighted by Gasteiger charge is 2.14. The first-order chi connectivity index (χ1) is 12.3. The van der Waals surface area contributed by atoms with Crippen molar-refractivity contribution in [3.8, 4) is 0 Å². The van der Waals surface area contributed by atoms with Gasteiger partial charge in [0.15, 0.2) is 0 Å². The molecule has 0 radical (unpaired) electrons. The predicted octanol–water partition coefficient (Wildman–Crippen LogP) is 3.45. The zero-order valence-electron chi connectivity index (χ0n) is 15.3. The molecular formula is C22H30N2O. The standard InChI is InChI=1S/C22H30N2O/c1-2-19-8-10-21(11-9-19)22(18-20-6-4-3-5-7-20)23-12-13-24-14-16-25-17-15-24/h3-11,22-23H,2,12-18H2,1H3. The van der Waals surface area contributed by atoms with E-state index in [9.17, 15) is 0 Å². The molecule has 1 unspecified atom stereocenters. The van der Waals surface area contributed by atoms with Gasteiger partial charge in [-0.2, -0.15) is 0 Å². The summed E-state index contributed by atoms with van der Waals surface area (Å²) < 4.78 is 5.44. The number of nitrogens with zero attached hydrogens (tertiary/aromatic N) is 1. The Morgan fingerprint density at radius 2 is 1.68 bits per heavy atom. The largest absolute Gasteiger partial charge is 0.379 e. The molecule has 0 amide bonds. The van der Waals surface area contributed by atoms with Crippen LogP contribution in [-0.2, 0) is 17.6 Å². The first-order valence-corrected chi connectivity index (χ1v) is 9.51. The minimum absolute atomic E-state index is 0.356. The van der Waals surface area contributed by atoms with E-state index in [4.69, 9.17) is 4.74 Å². The molecule has 1 heterocycles.